The summed E-state index contributed by atoms with van der Waals surface area (Å²) in [7, 11) is -0.879. The summed E-state index contributed by atoms with van der Waals surface area (Å²) in [5, 5.41) is 2.44. The van der Waals surface area contributed by atoms with Crippen LogP contribution in [-0.2, 0) is 23.5 Å². The standard InChI is InChI=1S/C24H43NO6SSi/c1-15(2)12-16-18(26)13-19(20(16)31-33(10,11)24(6,7)8)32-14-17(21(27)29-9)25-22(28)30-23(3,4)5/h12,15,17,19-20H,13-14H2,1-11H3,(H,25,28)/t17-,19?,20-/m0/s1. The van der Waals surface area contributed by atoms with Crippen molar-refractivity contribution in [2.24, 2.45) is 5.92 Å². The highest BCUT2D eigenvalue weighted by Gasteiger charge is 2.46. The van der Waals surface area contributed by atoms with E-state index in [-0.39, 0.29) is 33.8 Å². The first-order valence-corrected chi connectivity index (χ1v) is 15.5. The van der Waals surface area contributed by atoms with Gasteiger partial charge in [-0.15, -0.1) is 0 Å². The molecule has 0 spiro atoms. The number of allylic oxidation sites excluding steroid dienone is 1. The van der Waals surface area contributed by atoms with Gasteiger partial charge in [0.1, 0.15) is 11.6 Å². The van der Waals surface area contributed by atoms with E-state index in [1.807, 2.05) is 19.9 Å². The summed E-state index contributed by atoms with van der Waals surface area (Å²) in [5.74, 6) is -0.0112. The van der Waals surface area contributed by atoms with E-state index in [0.717, 1.165) is 5.57 Å². The number of alkyl carbamates (subject to hydrolysis) is 1. The lowest BCUT2D eigenvalue weighted by Crippen LogP contribution is -2.47. The molecule has 3 atom stereocenters. The molecule has 1 aliphatic carbocycles. The molecule has 1 unspecified atom stereocenters. The van der Waals surface area contributed by atoms with Crippen LogP contribution in [0.3, 0.4) is 0 Å². The van der Waals surface area contributed by atoms with E-state index >= 15 is 0 Å². The van der Waals surface area contributed by atoms with Gasteiger partial charge in [0.15, 0.2) is 14.1 Å². The molecule has 33 heavy (non-hydrogen) atoms. The molecule has 0 heterocycles. The number of rotatable bonds is 8. The number of ketones is 1. The SMILES string of the molecule is COC(=O)[C@H](CSC1CC(=O)C(=CC(C)C)[C@@H]1O[Si](C)(C)C(C)(C)C)NC(=O)OC(C)(C)C. The van der Waals surface area contributed by atoms with Crippen molar-refractivity contribution >= 4 is 37.9 Å². The maximum Gasteiger partial charge on any atom is 0.408 e. The molecule has 0 bridgehead atoms. The lowest BCUT2D eigenvalue weighted by Gasteiger charge is -2.40. The Kier molecular flexibility index (Phi) is 10.3. The molecule has 1 N–H and O–H groups in total. The third kappa shape index (κ3) is 9.09. The molecule has 1 amide bonds. The predicted molar refractivity (Wildman–Crippen MR) is 136 cm³/mol. The maximum atomic E-state index is 12.9. The number of thioether (sulfide) groups is 1. The number of carbonyl (C=O) groups excluding carboxylic acids is 3. The Morgan fingerprint density at radius 2 is 1.76 bits per heavy atom. The largest absolute Gasteiger partial charge is 0.467 e. The van der Waals surface area contributed by atoms with Gasteiger partial charge in [0, 0.05) is 23.0 Å². The van der Waals surface area contributed by atoms with Crippen molar-refractivity contribution in [3.63, 3.8) is 0 Å². The average molecular weight is 502 g/mol. The van der Waals surface area contributed by atoms with Gasteiger partial charge in [0.05, 0.1) is 13.2 Å². The highest BCUT2D eigenvalue weighted by Crippen LogP contribution is 2.43. The molecule has 190 valence electrons. The smallest absolute Gasteiger partial charge is 0.408 e. The second-order valence-electron chi connectivity index (χ2n) is 11.4. The highest BCUT2D eigenvalue weighted by atomic mass is 32.2. The van der Waals surface area contributed by atoms with Crippen LogP contribution in [0.15, 0.2) is 11.6 Å². The van der Waals surface area contributed by atoms with E-state index in [0.29, 0.717) is 6.42 Å². The zero-order valence-corrected chi connectivity index (χ0v) is 24.0. The van der Waals surface area contributed by atoms with E-state index in [2.05, 4.69) is 39.2 Å². The Balaban J connectivity index is 3.09. The number of amides is 1. The zero-order valence-electron chi connectivity index (χ0n) is 22.2. The molecule has 9 heteroatoms. The van der Waals surface area contributed by atoms with Crippen LogP contribution in [0, 0.1) is 5.92 Å². The molecule has 1 fully saturated rings. The molecular formula is C24H43NO6SSi. The summed E-state index contributed by atoms with van der Waals surface area (Å²) in [4.78, 5) is 37.5. The van der Waals surface area contributed by atoms with Crippen molar-refractivity contribution in [3.8, 4) is 0 Å². The minimum absolute atomic E-state index is 0.0103. The molecule has 0 aliphatic heterocycles. The first kappa shape index (κ1) is 29.7. The van der Waals surface area contributed by atoms with Crippen LogP contribution in [0.2, 0.25) is 18.1 Å². The Morgan fingerprint density at radius 1 is 1.18 bits per heavy atom. The van der Waals surface area contributed by atoms with Crippen molar-refractivity contribution in [2.75, 3.05) is 12.9 Å². The van der Waals surface area contributed by atoms with Crippen molar-refractivity contribution < 1.29 is 28.3 Å². The Morgan fingerprint density at radius 3 is 2.21 bits per heavy atom. The Bertz CT molecular complexity index is 751. The minimum atomic E-state index is -2.16. The molecule has 1 aliphatic rings. The van der Waals surface area contributed by atoms with Gasteiger partial charge in [-0.3, -0.25) is 4.79 Å². The van der Waals surface area contributed by atoms with Crippen molar-refractivity contribution in [1.82, 2.24) is 5.32 Å². The number of esters is 1. The van der Waals surface area contributed by atoms with E-state index in [1.165, 1.54) is 18.9 Å². The minimum Gasteiger partial charge on any atom is -0.467 e. The number of hydrogen-bond acceptors (Lipinski definition) is 7. The molecule has 0 saturated heterocycles. The second-order valence-corrected chi connectivity index (χ2v) is 17.4. The van der Waals surface area contributed by atoms with Gasteiger partial charge in [0.2, 0.25) is 0 Å². The second kappa shape index (κ2) is 11.4. The first-order chi connectivity index (χ1) is 14.9. The van der Waals surface area contributed by atoms with Crippen molar-refractivity contribution in [1.29, 1.82) is 0 Å². The summed E-state index contributed by atoms with van der Waals surface area (Å²) in [5.41, 5.74) is 0.0380. The van der Waals surface area contributed by atoms with Gasteiger partial charge in [-0.2, -0.15) is 11.8 Å². The summed E-state index contributed by atoms with van der Waals surface area (Å²) < 4.78 is 16.9. The first-order valence-electron chi connectivity index (χ1n) is 11.5. The van der Waals surface area contributed by atoms with Gasteiger partial charge >= 0.3 is 12.1 Å². The molecule has 1 rings (SSSR count). The van der Waals surface area contributed by atoms with Crippen LogP contribution < -0.4 is 5.32 Å². The van der Waals surface area contributed by atoms with E-state index < -0.39 is 32.0 Å². The molecule has 0 aromatic heterocycles. The number of hydrogen-bond donors (Lipinski definition) is 1. The fourth-order valence-corrected chi connectivity index (χ4v) is 5.76. The maximum absolute atomic E-state index is 12.9. The number of Topliss-reactive ketones (excluding diaryl/α,β-unsaturated/α-hetero) is 1. The fraction of sp³-hybridized carbons (Fsp3) is 0.792. The predicted octanol–water partition coefficient (Wildman–Crippen LogP) is 5.10. The summed E-state index contributed by atoms with van der Waals surface area (Å²) in [6.07, 6.45) is 1.31. The summed E-state index contributed by atoms with van der Waals surface area (Å²) in [6, 6.07) is -0.892. The van der Waals surface area contributed by atoms with Crippen LogP contribution in [0.5, 0.6) is 0 Å². The summed E-state index contributed by atoms with van der Waals surface area (Å²) >= 11 is 1.45. The molecule has 0 aromatic rings. The number of carbonyl (C=O) groups is 3. The van der Waals surface area contributed by atoms with E-state index in [4.69, 9.17) is 13.9 Å². The quantitative estimate of drug-likeness (QED) is 0.281. The van der Waals surface area contributed by atoms with Crippen LogP contribution in [0.4, 0.5) is 4.79 Å². The van der Waals surface area contributed by atoms with Crippen LogP contribution in [0.25, 0.3) is 0 Å². The summed E-state index contributed by atoms with van der Waals surface area (Å²) in [6.45, 7) is 20.2. The van der Waals surface area contributed by atoms with Crippen molar-refractivity contribution in [2.45, 2.75) is 103 Å². The molecule has 0 radical (unpaired) electrons. The molecule has 7 nitrogen and oxygen atoms in total. The van der Waals surface area contributed by atoms with Gasteiger partial charge in [-0.25, -0.2) is 9.59 Å². The lowest BCUT2D eigenvalue weighted by molar-refractivity contribution is -0.142. The Hall–Kier alpha value is -1.32. The lowest BCUT2D eigenvalue weighted by atomic mass is 10.1. The number of ether oxygens (including phenoxy) is 2. The Labute approximate surface area is 204 Å². The normalized spacial score (nSPS) is 21.9. The molecule has 1 saturated carbocycles. The topological polar surface area (TPSA) is 90.9 Å². The van der Waals surface area contributed by atoms with E-state index in [9.17, 15) is 14.4 Å². The third-order valence-corrected chi connectivity index (χ3v) is 11.6. The molecular weight excluding hydrogens is 458 g/mol. The zero-order chi connectivity index (χ0) is 25.8. The third-order valence-electron chi connectivity index (χ3n) is 5.75. The van der Waals surface area contributed by atoms with Crippen LogP contribution >= 0.6 is 11.8 Å². The average Bonchev–Trinajstić information content (AvgIpc) is 2.89. The van der Waals surface area contributed by atoms with Gasteiger partial charge in [-0.05, 0) is 44.8 Å². The van der Waals surface area contributed by atoms with Crippen LogP contribution in [0.1, 0.15) is 61.8 Å². The van der Waals surface area contributed by atoms with Gasteiger partial charge < -0.3 is 19.2 Å². The van der Waals surface area contributed by atoms with E-state index in [1.54, 1.807) is 20.8 Å². The van der Waals surface area contributed by atoms with Gasteiger partial charge in [-0.1, -0.05) is 40.7 Å². The van der Waals surface area contributed by atoms with Gasteiger partial charge in [0.25, 0.3) is 0 Å². The highest BCUT2D eigenvalue weighted by molar-refractivity contribution is 8.00. The monoisotopic (exact) mass is 501 g/mol. The van der Waals surface area contributed by atoms with Crippen LogP contribution in [-0.4, -0.2) is 62.0 Å². The molecule has 0 aromatic carbocycles. The number of methoxy groups -OCH3 is 1. The number of nitrogens with one attached hydrogen (secondary N) is 1. The van der Waals surface area contributed by atoms with Crippen molar-refractivity contribution in [3.05, 3.63) is 11.6 Å². The fourth-order valence-electron chi connectivity index (χ4n) is 3.07.